The van der Waals surface area contributed by atoms with Crippen molar-refractivity contribution in [3.8, 4) is 0 Å². The van der Waals surface area contributed by atoms with E-state index in [1.165, 1.54) is 10.7 Å². The van der Waals surface area contributed by atoms with Gasteiger partial charge in [0.05, 0.1) is 26.7 Å². The van der Waals surface area contributed by atoms with E-state index in [0.717, 1.165) is 19.4 Å². The molecule has 0 atom stereocenters. The summed E-state index contributed by atoms with van der Waals surface area (Å²) in [5.74, 6) is -0.340. The fraction of sp³-hybridized carbons (Fsp3) is 0.0667. The summed E-state index contributed by atoms with van der Waals surface area (Å²) < 4.78 is 17.0. The molecule has 3 aromatic heterocycles. The van der Waals surface area contributed by atoms with Gasteiger partial charge in [0, 0.05) is 10.9 Å². The first-order valence-electron chi connectivity index (χ1n) is 6.54. The number of hydrogen-bond donors (Lipinski definition) is 1. The van der Waals surface area contributed by atoms with Crippen molar-refractivity contribution in [1.29, 1.82) is 0 Å². The van der Waals surface area contributed by atoms with Crippen LogP contribution in [-0.4, -0.2) is 14.8 Å². The SMILES string of the molecule is O=c1c2[nH]c3cc(Br)sc3c2cnn1Cc1ccccc1F. The van der Waals surface area contributed by atoms with Crippen LogP contribution in [-0.2, 0) is 6.54 Å². The van der Waals surface area contributed by atoms with Gasteiger partial charge in [-0.2, -0.15) is 5.10 Å². The molecule has 1 aromatic carbocycles. The Morgan fingerprint density at radius 3 is 3.00 bits per heavy atom. The van der Waals surface area contributed by atoms with Gasteiger partial charge >= 0.3 is 0 Å². The molecule has 0 saturated heterocycles. The molecule has 4 nitrogen and oxygen atoms in total. The highest BCUT2D eigenvalue weighted by Crippen LogP contribution is 2.33. The first-order chi connectivity index (χ1) is 10.6. The van der Waals surface area contributed by atoms with Crippen molar-refractivity contribution in [2.75, 3.05) is 0 Å². The Hall–Kier alpha value is -1.99. The smallest absolute Gasteiger partial charge is 0.291 e. The molecule has 1 N–H and O–H groups in total. The molecular weight excluding hydrogens is 369 g/mol. The van der Waals surface area contributed by atoms with Crippen LogP contribution in [0.1, 0.15) is 5.56 Å². The maximum Gasteiger partial charge on any atom is 0.291 e. The van der Waals surface area contributed by atoms with Crippen LogP contribution >= 0.6 is 27.3 Å². The summed E-state index contributed by atoms with van der Waals surface area (Å²) in [4.78, 5) is 15.7. The second kappa shape index (κ2) is 5.03. The average Bonchev–Trinajstić information content (AvgIpc) is 3.01. The van der Waals surface area contributed by atoms with Crippen LogP contribution in [0.4, 0.5) is 4.39 Å². The maximum atomic E-state index is 13.7. The van der Waals surface area contributed by atoms with E-state index < -0.39 is 0 Å². The normalized spacial score (nSPS) is 11.5. The van der Waals surface area contributed by atoms with E-state index in [1.807, 2.05) is 6.07 Å². The minimum absolute atomic E-state index is 0.109. The molecule has 3 heterocycles. The van der Waals surface area contributed by atoms with Gasteiger partial charge in [-0.15, -0.1) is 11.3 Å². The van der Waals surface area contributed by atoms with E-state index in [9.17, 15) is 9.18 Å². The zero-order valence-corrected chi connectivity index (χ0v) is 13.5. The van der Waals surface area contributed by atoms with Crippen LogP contribution in [0.5, 0.6) is 0 Å². The van der Waals surface area contributed by atoms with Crippen molar-refractivity contribution in [1.82, 2.24) is 14.8 Å². The van der Waals surface area contributed by atoms with Crippen molar-refractivity contribution < 1.29 is 4.39 Å². The van der Waals surface area contributed by atoms with Crippen LogP contribution < -0.4 is 5.56 Å². The van der Waals surface area contributed by atoms with Crippen LogP contribution in [0, 0.1) is 5.82 Å². The number of nitrogens with one attached hydrogen (secondary N) is 1. The molecule has 4 aromatic rings. The lowest BCUT2D eigenvalue weighted by Crippen LogP contribution is -2.23. The number of halogens is 2. The molecule has 110 valence electrons. The molecular formula is C15H9BrFN3OS. The summed E-state index contributed by atoms with van der Waals surface area (Å²) in [7, 11) is 0. The van der Waals surface area contributed by atoms with Crippen molar-refractivity contribution in [2.45, 2.75) is 6.54 Å². The molecule has 0 bridgehead atoms. The zero-order chi connectivity index (χ0) is 15.3. The van der Waals surface area contributed by atoms with Crippen molar-refractivity contribution in [2.24, 2.45) is 0 Å². The summed E-state index contributed by atoms with van der Waals surface area (Å²) >= 11 is 4.97. The number of nitrogens with zero attached hydrogens (tertiary/aromatic N) is 2. The molecule has 0 unspecified atom stereocenters. The van der Waals surface area contributed by atoms with Gasteiger partial charge < -0.3 is 4.98 Å². The minimum Gasteiger partial charge on any atom is -0.349 e. The summed E-state index contributed by atoms with van der Waals surface area (Å²) in [5, 5.41) is 4.98. The van der Waals surface area contributed by atoms with Crippen LogP contribution in [0.3, 0.4) is 0 Å². The summed E-state index contributed by atoms with van der Waals surface area (Å²) in [6, 6.07) is 8.32. The largest absolute Gasteiger partial charge is 0.349 e. The molecule has 0 aliphatic carbocycles. The monoisotopic (exact) mass is 377 g/mol. The van der Waals surface area contributed by atoms with Gasteiger partial charge in [-0.25, -0.2) is 9.07 Å². The lowest BCUT2D eigenvalue weighted by atomic mass is 10.2. The number of aromatic amines is 1. The second-order valence-corrected chi connectivity index (χ2v) is 7.34. The number of thiophene rings is 1. The van der Waals surface area contributed by atoms with E-state index in [0.29, 0.717) is 11.1 Å². The third-order valence-corrected chi connectivity index (χ3v) is 5.20. The van der Waals surface area contributed by atoms with Gasteiger partial charge in [0.1, 0.15) is 11.3 Å². The van der Waals surface area contributed by atoms with E-state index >= 15 is 0 Å². The Bertz CT molecular complexity index is 1070. The molecule has 0 spiro atoms. The van der Waals surface area contributed by atoms with Gasteiger partial charge in [-0.05, 0) is 28.1 Å². The van der Waals surface area contributed by atoms with Gasteiger partial charge in [0.2, 0.25) is 0 Å². The minimum atomic E-state index is -0.340. The average molecular weight is 378 g/mol. The zero-order valence-electron chi connectivity index (χ0n) is 11.1. The first kappa shape index (κ1) is 13.7. The van der Waals surface area contributed by atoms with Gasteiger partial charge in [0.15, 0.2) is 0 Å². The topological polar surface area (TPSA) is 50.7 Å². The number of aromatic nitrogens is 3. The fourth-order valence-electron chi connectivity index (χ4n) is 2.47. The number of benzene rings is 1. The van der Waals surface area contributed by atoms with Crippen LogP contribution in [0.2, 0.25) is 0 Å². The Morgan fingerprint density at radius 1 is 1.36 bits per heavy atom. The first-order valence-corrected chi connectivity index (χ1v) is 8.14. The van der Waals surface area contributed by atoms with Gasteiger partial charge in [-0.3, -0.25) is 4.79 Å². The summed E-state index contributed by atoms with van der Waals surface area (Å²) in [6.45, 7) is 0.109. The van der Waals surface area contributed by atoms with Crippen molar-refractivity contribution in [3.63, 3.8) is 0 Å². The highest BCUT2D eigenvalue weighted by molar-refractivity contribution is 9.11. The Morgan fingerprint density at radius 2 is 2.18 bits per heavy atom. The predicted molar refractivity (Wildman–Crippen MR) is 88.9 cm³/mol. The van der Waals surface area contributed by atoms with E-state index in [1.54, 1.807) is 35.7 Å². The van der Waals surface area contributed by atoms with Crippen LogP contribution in [0.25, 0.3) is 21.1 Å². The fourth-order valence-corrected chi connectivity index (χ4v) is 4.04. The van der Waals surface area contributed by atoms with E-state index in [4.69, 9.17) is 0 Å². The maximum absolute atomic E-state index is 13.7. The molecule has 0 fully saturated rings. The highest BCUT2D eigenvalue weighted by Gasteiger charge is 2.13. The molecule has 7 heteroatoms. The molecule has 4 rings (SSSR count). The number of rotatable bonds is 2. The summed E-state index contributed by atoms with van der Waals surface area (Å²) in [5.41, 5.74) is 1.59. The van der Waals surface area contributed by atoms with E-state index in [-0.39, 0.29) is 17.9 Å². The van der Waals surface area contributed by atoms with Crippen molar-refractivity contribution in [3.05, 3.63) is 62.0 Å². The van der Waals surface area contributed by atoms with Crippen molar-refractivity contribution >= 4 is 48.4 Å². The third kappa shape index (κ3) is 2.08. The molecule has 0 amide bonds. The van der Waals surface area contributed by atoms with Gasteiger partial charge in [0.25, 0.3) is 5.56 Å². The Kier molecular flexibility index (Phi) is 3.12. The molecule has 0 aliphatic heterocycles. The predicted octanol–water partition coefficient (Wildman–Crippen LogP) is 3.89. The Balaban J connectivity index is 1.87. The van der Waals surface area contributed by atoms with E-state index in [2.05, 4.69) is 26.0 Å². The molecule has 0 radical (unpaired) electrons. The lowest BCUT2D eigenvalue weighted by molar-refractivity contribution is 0.574. The second-order valence-electron chi connectivity index (χ2n) is 4.91. The lowest BCUT2D eigenvalue weighted by Gasteiger charge is -2.05. The number of hydrogen-bond acceptors (Lipinski definition) is 3. The summed E-state index contributed by atoms with van der Waals surface area (Å²) in [6.07, 6.45) is 1.65. The quantitative estimate of drug-likeness (QED) is 0.576. The molecule has 0 saturated carbocycles. The third-order valence-electron chi connectivity index (χ3n) is 3.53. The standard InChI is InChI=1S/C15H9BrFN3OS/c16-12-5-11-14(22-12)9-6-18-20(15(21)13(9)19-11)7-8-3-1-2-4-10(8)17/h1-6,19H,7H2. The number of H-pyrrole nitrogens is 1. The molecule has 0 aliphatic rings. The Labute approximate surface area is 136 Å². The molecule has 22 heavy (non-hydrogen) atoms. The number of fused-ring (bicyclic) bond motifs is 3. The van der Waals surface area contributed by atoms with Gasteiger partial charge in [-0.1, -0.05) is 18.2 Å². The van der Waals surface area contributed by atoms with Crippen LogP contribution in [0.15, 0.2) is 45.1 Å². The highest BCUT2D eigenvalue weighted by atomic mass is 79.9.